The molecular weight excluding hydrogens is 392 g/mol. The Morgan fingerprint density at radius 3 is 2.70 bits per heavy atom. The summed E-state index contributed by atoms with van der Waals surface area (Å²) in [7, 11) is 0. The van der Waals surface area contributed by atoms with Crippen LogP contribution in [-0.2, 0) is 33.3 Å². The molecular formula is C22H28O8. The van der Waals surface area contributed by atoms with Crippen molar-refractivity contribution in [3.63, 3.8) is 0 Å². The van der Waals surface area contributed by atoms with Gasteiger partial charge < -0.3 is 24.1 Å². The molecule has 1 N–H and O–H groups in total. The van der Waals surface area contributed by atoms with Crippen molar-refractivity contribution in [2.24, 2.45) is 17.3 Å². The Morgan fingerprint density at radius 2 is 2.07 bits per heavy atom. The maximum absolute atomic E-state index is 13.1. The van der Waals surface area contributed by atoms with Gasteiger partial charge in [0.05, 0.1) is 6.10 Å². The van der Waals surface area contributed by atoms with Crippen molar-refractivity contribution in [2.75, 3.05) is 6.61 Å². The Balaban J connectivity index is 1.84. The van der Waals surface area contributed by atoms with Gasteiger partial charge in [0.1, 0.15) is 23.9 Å². The summed E-state index contributed by atoms with van der Waals surface area (Å²) in [4.78, 5) is 37.2. The summed E-state index contributed by atoms with van der Waals surface area (Å²) in [5.41, 5.74) is -2.07. The first-order chi connectivity index (χ1) is 14.0. The zero-order valence-corrected chi connectivity index (χ0v) is 17.9. The summed E-state index contributed by atoms with van der Waals surface area (Å²) in [6.45, 7) is 8.25. The van der Waals surface area contributed by atoms with Crippen LogP contribution in [0.25, 0.3) is 0 Å². The number of ether oxygens (including phenoxy) is 4. The summed E-state index contributed by atoms with van der Waals surface area (Å²) in [5.74, 6) is -3.56. The van der Waals surface area contributed by atoms with E-state index in [1.807, 2.05) is 13.8 Å². The second-order valence-electron chi connectivity index (χ2n) is 9.14. The number of ketones is 1. The molecule has 0 aliphatic carbocycles. The van der Waals surface area contributed by atoms with Gasteiger partial charge in [-0.15, -0.1) is 0 Å². The molecule has 0 radical (unpaired) electrons. The van der Waals surface area contributed by atoms with E-state index in [4.69, 9.17) is 18.9 Å². The van der Waals surface area contributed by atoms with E-state index in [1.165, 1.54) is 13.0 Å². The smallest absolute Gasteiger partial charge is 0.318 e. The predicted octanol–water partition coefficient (Wildman–Crippen LogP) is 1.80. The molecule has 2 bridgehead atoms. The number of carbonyl (C=O) groups excluding carboxylic acids is 3. The van der Waals surface area contributed by atoms with Crippen molar-refractivity contribution in [2.45, 2.75) is 71.1 Å². The highest BCUT2D eigenvalue weighted by molar-refractivity contribution is 6.00. The number of carbonyl (C=O) groups is 3. The van der Waals surface area contributed by atoms with E-state index >= 15 is 0 Å². The quantitative estimate of drug-likeness (QED) is 0.686. The zero-order valence-electron chi connectivity index (χ0n) is 17.9. The Morgan fingerprint density at radius 1 is 1.37 bits per heavy atom. The van der Waals surface area contributed by atoms with Crippen LogP contribution < -0.4 is 0 Å². The molecule has 4 aliphatic rings. The maximum Gasteiger partial charge on any atom is 0.318 e. The molecule has 164 valence electrons. The van der Waals surface area contributed by atoms with Crippen molar-refractivity contribution in [3.05, 3.63) is 23.5 Å². The molecule has 4 rings (SSSR count). The Bertz CT molecular complexity index is 874. The number of esters is 2. The van der Waals surface area contributed by atoms with Gasteiger partial charge in [-0.1, -0.05) is 13.8 Å². The van der Waals surface area contributed by atoms with Gasteiger partial charge in [-0.2, -0.15) is 0 Å². The van der Waals surface area contributed by atoms with Gasteiger partial charge in [0.2, 0.25) is 5.78 Å². The minimum Gasteiger partial charge on any atom is -0.479 e. The average molecular weight is 420 g/mol. The Labute approximate surface area is 175 Å². The molecule has 0 aromatic rings. The normalized spacial score (nSPS) is 44.5. The largest absolute Gasteiger partial charge is 0.479 e. The lowest BCUT2D eigenvalue weighted by molar-refractivity contribution is -0.267. The van der Waals surface area contributed by atoms with Crippen molar-refractivity contribution in [1.82, 2.24) is 0 Å². The van der Waals surface area contributed by atoms with Crippen molar-refractivity contribution in [3.8, 4) is 0 Å². The fraction of sp³-hybridized carbons (Fsp3) is 0.682. The Hall–Kier alpha value is -2.19. The van der Waals surface area contributed by atoms with Crippen LogP contribution in [0.2, 0.25) is 0 Å². The molecule has 0 amide bonds. The molecule has 30 heavy (non-hydrogen) atoms. The van der Waals surface area contributed by atoms with Gasteiger partial charge in [0, 0.05) is 36.8 Å². The van der Waals surface area contributed by atoms with Crippen LogP contribution in [0.15, 0.2) is 23.5 Å². The number of fused-ring (bicyclic) bond motifs is 2. The molecule has 0 aromatic carbocycles. The van der Waals surface area contributed by atoms with Gasteiger partial charge in [-0.3, -0.25) is 14.4 Å². The summed E-state index contributed by atoms with van der Waals surface area (Å²) in [5, 5.41) is 11.6. The van der Waals surface area contributed by atoms with E-state index in [2.05, 4.69) is 0 Å². The van der Waals surface area contributed by atoms with Crippen molar-refractivity contribution < 1.29 is 38.4 Å². The first kappa shape index (κ1) is 21.1. The first-order valence-corrected chi connectivity index (χ1v) is 10.4. The molecule has 4 aliphatic heterocycles. The van der Waals surface area contributed by atoms with Gasteiger partial charge in [-0.25, -0.2) is 0 Å². The standard InChI is InChI=1S/C22H28O8/c1-6-11(2)22(26)21(5)18-15(28-19(21)25)7-13(10-27-12(3)23)14-8-17(24)20(4,29-14)9-16(18)30-22/h7-8,11,15-16,18,26H,6,9-10H2,1-5H3/b13-7-. The highest BCUT2D eigenvalue weighted by Gasteiger charge is 2.75. The lowest BCUT2D eigenvalue weighted by Gasteiger charge is -2.38. The Kier molecular flexibility index (Phi) is 4.67. The monoisotopic (exact) mass is 420 g/mol. The third kappa shape index (κ3) is 2.69. The second-order valence-corrected chi connectivity index (χ2v) is 9.14. The van der Waals surface area contributed by atoms with E-state index in [9.17, 15) is 19.5 Å². The van der Waals surface area contributed by atoms with Crippen LogP contribution in [-0.4, -0.2) is 53.0 Å². The average Bonchev–Trinajstić information content (AvgIpc) is 3.20. The second kappa shape index (κ2) is 6.65. The SMILES string of the molecule is CCC(C)C1(O)OC2CC3(C)OC(=CC3=O)/C(COC(C)=O)=C\C3OC(=O)C1(C)C32. The molecule has 0 aromatic heterocycles. The van der Waals surface area contributed by atoms with E-state index in [0.717, 1.165) is 0 Å². The van der Waals surface area contributed by atoms with E-state index < -0.39 is 46.9 Å². The number of hydrogen-bond acceptors (Lipinski definition) is 8. The molecule has 2 fully saturated rings. The van der Waals surface area contributed by atoms with Crippen LogP contribution in [0.4, 0.5) is 0 Å². The molecule has 2 saturated heterocycles. The lowest BCUT2D eigenvalue weighted by Crippen LogP contribution is -2.53. The first-order valence-electron chi connectivity index (χ1n) is 10.4. The van der Waals surface area contributed by atoms with E-state index in [1.54, 1.807) is 19.9 Å². The van der Waals surface area contributed by atoms with Crippen LogP contribution in [0.5, 0.6) is 0 Å². The maximum atomic E-state index is 13.1. The molecule has 4 heterocycles. The van der Waals surface area contributed by atoms with Crippen LogP contribution >= 0.6 is 0 Å². The van der Waals surface area contributed by atoms with Crippen molar-refractivity contribution in [1.29, 1.82) is 0 Å². The fourth-order valence-electron chi connectivity index (χ4n) is 5.25. The minimum atomic E-state index is -1.74. The molecule has 0 spiro atoms. The molecule has 7 atom stereocenters. The lowest BCUT2D eigenvalue weighted by atomic mass is 9.66. The summed E-state index contributed by atoms with van der Waals surface area (Å²) in [6, 6.07) is 0. The van der Waals surface area contributed by atoms with E-state index in [0.29, 0.717) is 17.8 Å². The van der Waals surface area contributed by atoms with Gasteiger partial charge in [0.25, 0.3) is 0 Å². The highest BCUT2D eigenvalue weighted by atomic mass is 16.7. The minimum absolute atomic E-state index is 0.122. The number of aliphatic hydroxyl groups is 1. The van der Waals surface area contributed by atoms with E-state index in [-0.39, 0.29) is 24.7 Å². The van der Waals surface area contributed by atoms with Crippen LogP contribution in [0.1, 0.15) is 47.5 Å². The topological polar surface area (TPSA) is 108 Å². The number of rotatable bonds is 4. The summed E-state index contributed by atoms with van der Waals surface area (Å²) >= 11 is 0. The van der Waals surface area contributed by atoms with Gasteiger partial charge in [-0.05, 0) is 26.3 Å². The third-order valence-corrected chi connectivity index (χ3v) is 7.27. The molecule has 8 nitrogen and oxygen atoms in total. The fourth-order valence-corrected chi connectivity index (χ4v) is 5.25. The van der Waals surface area contributed by atoms with Crippen molar-refractivity contribution >= 4 is 17.7 Å². The number of hydrogen-bond donors (Lipinski definition) is 1. The zero-order chi connectivity index (χ0) is 22.1. The van der Waals surface area contributed by atoms with Crippen LogP contribution in [0, 0.1) is 17.3 Å². The van der Waals surface area contributed by atoms with Gasteiger partial charge >= 0.3 is 11.9 Å². The van der Waals surface area contributed by atoms with Crippen LogP contribution in [0.3, 0.4) is 0 Å². The summed E-state index contributed by atoms with van der Waals surface area (Å²) in [6.07, 6.45) is 2.44. The van der Waals surface area contributed by atoms with Gasteiger partial charge in [0.15, 0.2) is 11.4 Å². The molecule has 7 unspecified atom stereocenters. The molecule has 8 heteroatoms. The predicted molar refractivity (Wildman–Crippen MR) is 103 cm³/mol. The highest BCUT2D eigenvalue weighted by Crippen LogP contribution is 2.61. The third-order valence-electron chi connectivity index (χ3n) is 7.27. The summed E-state index contributed by atoms with van der Waals surface area (Å²) < 4.78 is 23.1. The molecule has 0 saturated carbocycles.